The van der Waals surface area contributed by atoms with Crippen molar-refractivity contribution in [1.82, 2.24) is 9.78 Å². The standard InChI is InChI=1S/C18H22BrN3O5S/c1-6-7-27-17(24)13-9(2)15(18(25)26-5)28-16(13)20-12(23)8-22-11(4)14(19)10(3)21-22/h6-8H2,1-5H3,(H,20,23). The highest BCUT2D eigenvalue weighted by molar-refractivity contribution is 9.10. The molecule has 1 N–H and O–H groups in total. The van der Waals surface area contributed by atoms with E-state index in [-0.39, 0.29) is 34.5 Å². The van der Waals surface area contributed by atoms with Crippen LogP contribution in [0, 0.1) is 20.8 Å². The highest BCUT2D eigenvalue weighted by atomic mass is 79.9. The molecule has 152 valence electrons. The van der Waals surface area contributed by atoms with Gasteiger partial charge in [0.1, 0.15) is 16.4 Å². The van der Waals surface area contributed by atoms with Gasteiger partial charge in [-0.05, 0) is 48.7 Å². The van der Waals surface area contributed by atoms with Gasteiger partial charge in [0.05, 0.1) is 35.1 Å². The molecule has 0 atom stereocenters. The Balaban J connectivity index is 2.31. The van der Waals surface area contributed by atoms with Crippen molar-refractivity contribution in [1.29, 1.82) is 0 Å². The number of carbonyl (C=O) groups excluding carboxylic acids is 3. The highest BCUT2D eigenvalue weighted by Gasteiger charge is 2.27. The van der Waals surface area contributed by atoms with Crippen LogP contribution in [0.2, 0.25) is 0 Å². The van der Waals surface area contributed by atoms with Crippen LogP contribution in [0.4, 0.5) is 5.00 Å². The number of anilines is 1. The van der Waals surface area contributed by atoms with Crippen molar-refractivity contribution in [3.8, 4) is 0 Å². The van der Waals surface area contributed by atoms with Gasteiger partial charge in [-0.2, -0.15) is 5.10 Å². The number of esters is 2. The van der Waals surface area contributed by atoms with E-state index in [1.807, 2.05) is 20.8 Å². The van der Waals surface area contributed by atoms with Crippen LogP contribution in [-0.4, -0.2) is 41.3 Å². The van der Waals surface area contributed by atoms with E-state index in [4.69, 9.17) is 9.47 Å². The molecule has 0 fully saturated rings. The summed E-state index contributed by atoms with van der Waals surface area (Å²) in [4.78, 5) is 37.3. The maximum Gasteiger partial charge on any atom is 0.348 e. The Morgan fingerprint density at radius 1 is 1.21 bits per heavy atom. The molecule has 0 spiro atoms. The molecule has 2 rings (SSSR count). The quantitative estimate of drug-likeness (QED) is 0.618. The second kappa shape index (κ2) is 9.33. The predicted molar refractivity (Wildman–Crippen MR) is 109 cm³/mol. The molecule has 2 aromatic rings. The fourth-order valence-electron chi connectivity index (χ4n) is 2.53. The van der Waals surface area contributed by atoms with Gasteiger partial charge in [0.25, 0.3) is 0 Å². The third kappa shape index (κ3) is 4.61. The number of hydrogen-bond acceptors (Lipinski definition) is 7. The van der Waals surface area contributed by atoms with E-state index in [1.165, 1.54) is 7.11 Å². The molecule has 8 nitrogen and oxygen atoms in total. The first-order valence-electron chi connectivity index (χ1n) is 8.59. The van der Waals surface area contributed by atoms with Crippen LogP contribution in [0.5, 0.6) is 0 Å². The summed E-state index contributed by atoms with van der Waals surface area (Å²) in [6.45, 7) is 7.39. The predicted octanol–water partition coefficient (Wildman–Crippen LogP) is 3.62. The first-order chi connectivity index (χ1) is 13.2. The van der Waals surface area contributed by atoms with Crippen molar-refractivity contribution in [2.45, 2.75) is 40.7 Å². The van der Waals surface area contributed by atoms with Gasteiger partial charge in [-0.3, -0.25) is 9.48 Å². The van der Waals surface area contributed by atoms with Crippen LogP contribution < -0.4 is 5.32 Å². The van der Waals surface area contributed by atoms with Gasteiger partial charge in [0.2, 0.25) is 5.91 Å². The fraction of sp³-hybridized carbons (Fsp3) is 0.444. The van der Waals surface area contributed by atoms with Gasteiger partial charge in [0, 0.05) is 0 Å². The maximum atomic E-state index is 12.6. The van der Waals surface area contributed by atoms with Gasteiger partial charge >= 0.3 is 11.9 Å². The largest absolute Gasteiger partial charge is 0.465 e. The average Bonchev–Trinajstić information content (AvgIpc) is 3.10. The van der Waals surface area contributed by atoms with Crippen LogP contribution in [0.1, 0.15) is 50.3 Å². The molecule has 0 aliphatic rings. The zero-order chi connectivity index (χ0) is 21.0. The Morgan fingerprint density at radius 2 is 1.89 bits per heavy atom. The SMILES string of the molecule is CCCOC(=O)c1c(NC(=O)Cn2nc(C)c(Br)c2C)sc(C(=O)OC)c1C. The molecule has 0 saturated carbocycles. The number of thiophene rings is 1. The van der Waals surface area contributed by atoms with Crippen molar-refractivity contribution >= 4 is 50.1 Å². The summed E-state index contributed by atoms with van der Waals surface area (Å²) >= 11 is 4.41. The number of methoxy groups -OCH3 is 1. The number of nitrogens with zero attached hydrogens (tertiary/aromatic N) is 2. The highest BCUT2D eigenvalue weighted by Crippen LogP contribution is 2.34. The van der Waals surface area contributed by atoms with Gasteiger partial charge in [-0.15, -0.1) is 11.3 Å². The Kier molecular flexibility index (Phi) is 7.36. The minimum Gasteiger partial charge on any atom is -0.465 e. The van der Waals surface area contributed by atoms with Gasteiger partial charge in [-0.25, -0.2) is 9.59 Å². The monoisotopic (exact) mass is 471 g/mol. The second-order valence-corrected chi connectivity index (χ2v) is 7.89. The van der Waals surface area contributed by atoms with Crippen LogP contribution in [-0.2, 0) is 20.8 Å². The van der Waals surface area contributed by atoms with Crippen molar-refractivity contribution in [3.63, 3.8) is 0 Å². The van der Waals surface area contributed by atoms with Gasteiger partial charge in [-0.1, -0.05) is 6.92 Å². The Bertz CT molecular complexity index is 919. The smallest absolute Gasteiger partial charge is 0.348 e. The van der Waals surface area contributed by atoms with E-state index in [0.717, 1.165) is 27.2 Å². The molecular weight excluding hydrogens is 450 g/mol. The molecule has 0 saturated heterocycles. The normalized spacial score (nSPS) is 10.6. The molecule has 0 aromatic carbocycles. The third-order valence-electron chi connectivity index (χ3n) is 4.00. The third-order valence-corrected chi connectivity index (χ3v) is 6.33. The molecule has 2 heterocycles. The topological polar surface area (TPSA) is 99.5 Å². The zero-order valence-corrected chi connectivity index (χ0v) is 18.7. The first kappa shape index (κ1) is 22.1. The molecule has 0 radical (unpaired) electrons. The number of amides is 1. The van der Waals surface area contributed by atoms with Crippen LogP contribution >= 0.6 is 27.3 Å². The van der Waals surface area contributed by atoms with Crippen molar-refractivity contribution in [3.05, 3.63) is 31.9 Å². The Hall–Kier alpha value is -2.20. The van der Waals surface area contributed by atoms with Crippen molar-refractivity contribution < 1.29 is 23.9 Å². The number of halogens is 1. The Labute approximate surface area is 175 Å². The summed E-state index contributed by atoms with van der Waals surface area (Å²) in [7, 11) is 1.26. The molecule has 0 aliphatic carbocycles. The first-order valence-corrected chi connectivity index (χ1v) is 10.2. The molecule has 0 unspecified atom stereocenters. The van der Waals surface area contributed by atoms with Gasteiger partial charge < -0.3 is 14.8 Å². The number of aromatic nitrogens is 2. The Morgan fingerprint density at radius 3 is 2.43 bits per heavy atom. The van der Waals surface area contributed by atoms with Crippen molar-refractivity contribution in [2.24, 2.45) is 0 Å². The molecule has 2 aromatic heterocycles. The van der Waals surface area contributed by atoms with Crippen LogP contribution in [0.15, 0.2) is 4.47 Å². The van der Waals surface area contributed by atoms with Crippen LogP contribution in [0.3, 0.4) is 0 Å². The summed E-state index contributed by atoms with van der Waals surface area (Å²) in [6.07, 6.45) is 0.660. The summed E-state index contributed by atoms with van der Waals surface area (Å²) < 4.78 is 12.4. The molecule has 0 aliphatic heterocycles. The average molecular weight is 472 g/mol. The lowest BCUT2D eigenvalue weighted by Gasteiger charge is -2.08. The number of carbonyl (C=O) groups is 3. The van der Waals surface area contributed by atoms with Crippen molar-refractivity contribution in [2.75, 3.05) is 19.0 Å². The number of nitrogens with one attached hydrogen (secondary N) is 1. The molecular formula is C18H22BrN3O5S. The molecule has 10 heteroatoms. The van der Waals surface area contributed by atoms with Gasteiger partial charge in [0.15, 0.2) is 0 Å². The molecule has 28 heavy (non-hydrogen) atoms. The number of ether oxygens (including phenoxy) is 2. The minimum absolute atomic E-state index is 0.0355. The number of aryl methyl sites for hydroxylation is 1. The van der Waals surface area contributed by atoms with E-state index < -0.39 is 11.9 Å². The molecule has 1 amide bonds. The summed E-state index contributed by atoms with van der Waals surface area (Å²) in [5.41, 5.74) is 2.17. The van der Waals surface area contributed by atoms with E-state index in [9.17, 15) is 14.4 Å². The summed E-state index contributed by atoms with van der Waals surface area (Å²) in [5, 5.41) is 7.26. The lowest BCUT2D eigenvalue weighted by atomic mass is 10.1. The van der Waals surface area contributed by atoms with E-state index in [1.54, 1.807) is 11.6 Å². The minimum atomic E-state index is -0.588. The van der Waals surface area contributed by atoms with E-state index in [2.05, 4.69) is 26.3 Å². The summed E-state index contributed by atoms with van der Waals surface area (Å²) in [5.74, 6) is -1.54. The zero-order valence-electron chi connectivity index (χ0n) is 16.3. The fourth-order valence-corrected chi connectivity index (χ4v) is 3.95. The molecule has 0 bridgehead atoms. The summed E-state index contributed by atoms with van der Waals surface area (Å²) in [6, 6.07) is 0. The number of rotatable bonds is 7. The van der Waals surface area contributed by atoms with E-state index >= 15 is 0 Å². The maximum absolute atomic E-state index is 12.6. The second-order valence-electron chi connectivity index (χ2n) is 6.08. The number of hydrogen-bond donors (Lipinski definition) is 1. The van der Waals surface area contributed by atoms with E-state index in [0.29, 0.717) is 12.0 Å². The lowest BCUT2D eigenvalue weighted by molar-refractivity contribution is -0.116. The lowest BCUT2D eigenvalue weighted by Crippen LogP contribution is -2.21. The van der Waals surface area contributed by atoms with Crippen LogP contribution in [0.25, 0.3) is 0 Å².